The molecule has 3 aromatic rings. The largest absolute Gasteiger partial charge is 0.488 e. The lowest BCUT2D eigenvalue weighted by molar-refractivity contribution is -0.0250. The second-order valence-corrected chi connectivity index (χ2v) is 10.9. The van der Waals surface area contributed by atoms with Gasteiger partial charge in [0.1, 0.15) is 30.2 Å². The van der Waals surface area contributed by atoms with Gasteiger partial charge in [-0.15, -0.1) is 0 Å². The molecule has 1 unspecified atom stereocenters. The lowest BCUT2D eigenvalue weighted by Crippen LogP contribution is -2.48. The molecule has 0 spiro atoms. The van der Waals surface area contributed by atoms with Gasteiger partial charge < -0.3 is 29.2 Å². The summed E-state index contributed by atoms with van der Waals surface area (Å²) in [6, 6.07) is 5.19. The number of cyclic esters (lactones) is 1. The van der Waals surface area contributed by atoms with Crippen molar-refractivity contribution in [1.82, 2.24) is 4.57 Å². The average molecular weight is 570 g/mol. The Hall–Kier alpha value is -4.19. The van der Waals surface area contributed by atoms with Crippen LogP contribution in [-0.4, -0.2) is 65.3 Å². The highest BCUT2D eigenvalue weighted by atomic mass is 19.1. The Morgan fingerprint density at radius 2 is 1.90 bits per heavy atom. The Kier molecular flexibility index (Phi) is 6.60. The molecule has 12 heteroatoms. The van der Waals surface area contributed by atoms with Gasteiger partial charge in [0.15, 0.2) is 11.6 Å². The number of hydrogen-bond donors (Lipinski definition) is 2. The predicted octanol–water partition coefficient (Wildman–Crippen LogP) is 3.85. The van der Waals surface area contributed by atoms with E-state index in [4.69, 9.17) is 9.47 Å². The molecule has 3 aliphatic rings. The van der Waals surface area contributed by atoms with Crippen molar-refractivity contribution in [3.05, 3.63) is 63.4 Å². The van der Waals surface area contributed by atoms with Crippen molar-refractivity contribution in [2.45, 2.75) is 44.2 Å². The van der Waals surface area contributed by atoms with Crippen molar-refractivity contribution in [2.24, 2.45) is 0 Å². The molecular formula is C29H29F2N3O7. The number of halogens is 2. The maximum atomic E-state index is 15.6. The zero-order chi connectivity index (χ0) is 29.1. The van der Waals surface area contributed by atoms with Gasteiger partial charge in [0, 0.05) is 42.3 Å². The second-order valence-electron chi connectivity index (χ2n) is 10.9. The van der Waals surface area contributed by atoms with Crippen molar-refractivity contribution in [3.8, 4) is 5.75 Å². The van der Waals surface area contributed by atoms with Gasteiger partial charge in [-0.3, -0.25) is 9.69 Å². The van der Waals surface area contributed by atoms with E-state index in [-0.39, 0.29) is 43.2 Å². The Bertz CT molecular complexity index is 1630. The summed E-state index contributed by atoms with van der Waals surface area (Å²) < 4.78 is 42.6. The van der Waals surface area contributed by atoms with Gasteiger partial charge in [0.2, 0.25) is 5.43 Å². The maximum Gasteiger partial charge on any atom is 0.414 e. The monoisotopic (exact) mass is 569 g/mol. The predicted molar refractivity (Wildman–Crippen MR) is 145 cm³/mol. The first-order chi connectivity index (χ1) is 19.6. The van der Waals surface area contributed by atoms with Crippen LogP contribution in [0.15, 0.2) is 35.3 Å². The summed E-state index contributed by atoms with van der Waals surface area (Å²) >= 11 is 0. The third-order valence-electron chi connectivity index (χ3n) is 8.35. The number of rotatable bonds is 6. The van der Waals surface area contributed by atoms with Crippen LogP contribution in [0.2, 0.25) is 0 Å². The van der Waals surface area contributed by atoms with Gasteiger partial charge in [-0.1, -0.05) is 0 Å². The molecule has 2 fully saturated rings. The molecule has 2 aromatic carbocycles. The number of aromatic carboxylic acids is 1. The number of ether oxygens (including phenoxy) is 2. The standard InChI is InChI=1S/C29H29F2N3O7/c1-16-2-4-18-24-19(26(35)20(27(36)37)14-34(16)24)13-22(31)25(18)32-8-6-29(39,7-9-32)15-41-23-5-3-17(12-21(23)30)33-10-11-40-28(33)38/h3,5,12-14,16,39H,2,4,6-11,15H2,1H3,(H,36,37). The molecule has 6 rings (SSSR count). The Balaban J connectivity index is 1.20. The van der Waals surface area contributed by atoms with Crippen LogP contribution in [-0.2, 0) is 11.2 Å². The van der Waals surface area contributed by atoms with E-state index < -0.39 is 40.3 Å². The number of pyridine rings is 1. The zero-order valence-corrected chi connectivity index (χ0v) is 22.4. The molecule has 2 N–H and O–H groups in total. The molecule has 0 bridgehead atoms. The Morgan fingerprint density at radius 1 is 1.15 bits per heavy atom. The van der Waals surface area contributed by atoms with Crippen molar-refractivity contribution in [3.63, 3.8) is 0 Å². The van der Waals surface area contributed by atoms with E-state index in [1.807, 2.05) is 11.8 Å². The molecule has 1 amide bonds. The van der Waals surface area contributed by atoms with Gasteiger partial charge in [0.25, 0.3) is 0 Å². The number of aromatic nitrogens is 1. The molecule has 3 aliphatic heterocycles. The van der Waals surface area contributed by atoms with E-state index >= 15 is 4.39 Å². The summed E-state index contributed by atoms with van der Waals surface area (Å²) in [7, 11) is 0. The minimum Gasteiger partial charge on any atom is -0.488 e. The number of amides is 1. The third kappa shape index (κ3) is 4.65. The van der Waals surface area contributed by atoms with Crippen LogP contribution in [0.1, 0.15) is 48.1 Å². The van der Waals surface area contributed by atoms with E-state index in [1.165, 1.54) is 23.2 Å². The van der Waals surface area contributed by atoms with E-state index in [2.05, 4.69) is 0 Å². The van der Waals surface area contributed by atoms with Crippen LogP contribution < -0.4 is 20.0 Å². The Morgan fingerprint density at radius 3 is 2.56 bits per heavy atom. The van der Waals surface area contributed by atoms with Crippen molar-refractivity contribution in [1.29, 1.82) is 0 Å². The van der Waals surface area contributed by atoms with E-state index in [9.17, 15) is 29.0 Å². The van der Waals surface area contributed by atoms with Crippen LogP contribution in [0.25, 0.3) is 10.9 Å². The minimum absolute atomic E-state index is 0.0456. The third-order valence-corrected chi connectivity index (χ3v) is 8.35. The number of nitrogens with zero attached hydrogens (tertiary/aromatic N) is 3. The summed E-state index contributed by atoms with van der Waals surface area (Å²) in [5, 5.41) is 20.7. The molecule has 41 heavy (non-hydrogen) atoms. The SMILES string of the molecule is CC1CCc2c(N3CCC(O)(COc4ccc(N5CCOC5=O)cc4F)CC3)c(F)cc3c(=O)c(C(=O)O)cn1c23. The molecule has 1 atom stereocenters. The van der Waals surface area contributed by atoms with Crippen LogP contribution >= 0.6 is 0 Å². The van der Waals surface area contributed by atoms with Gasteiger partial charge >= 0.3 is 12.1 Å². The number of anilines is 2. The maximum absolute atomic E-state index is 15.6. The van der Waals surface area contributed by atoms with Crippen LogP contribution in [0.5, 0.6) is 5.75 Å². The van der Waals surface area contributed by atoms with Crippen molar-refractivity contribution < 1.29 is 38.1 Å². The molecule has 1 aromatic heterocycles. The molecule has 0 aliphatic carbocycles. The van der Waals surface area contributed by atoms with Crippen molar-refractivity contribution in [2.75, 3.05) is 42.6 Å². The molecule has 2 saturated heterocycles. The molecule has 0 saturated carbocycles. The number of piperidine rings is 1. The highest BCUT2D eigenvalue weighted by Gasteiger charge is 2.36. The molecule has 0 radical (unpaired) electrons. The first-order valence-corrected chi connectivity index (χ1v) is 13.5. The van der Waals surface area contributed by atoms with Gasteiger partial charge in [-0.25, -0.2) is 18.4 Å². The number of carbonyl (C=O) groups is 2. The quantitative estimate of drug-likeness (QED) is 0.459. The number of carbonyl (C=O) groups excluding carboxylic acids is 1. The normalized spacial score (nSPS) is 19.9. The number of carboxylic acids is 1. The summed E-state index contributed by atoms with van der Waals surface area (Å²) in [6.07, 6.45) is 2.42. The van der Waals surface area contributed by atoms with Gasteiger partial charge in [-0.05, 0) is 50.8 Å². The highest BCUT2D eigenvalue weighted by molar-refractivity contribution is 5.95. The first-order valence-electron chi connectivity index (χ1n) is 13.5. The fraction of sp³-hybridized carbons (Fsp3) is 0.414. The molecule has 4 heterocycles. The number of aliphatic hydroxyl groups is 1. The topological polar surface area (TPSA) is 122 Å². The molecular weight excluding hydrogens is 540 g/mol. The molecule has 216 valence electrons. The lowest BCUT2D eigenvalue weighted by atomic mass is 9.89. The van der Waals surface area contributed by atoms with Crippen LogP contribution in [0.3, 0.4) is 0 Å². The summed E-state index contributed by atoms with van der Waals surface area (Å²) in [5.74, 6) is -2.70. The number of aryl methyl sites for hydroxylation is 1. The van der Waals surface area contributed by atoms with Crippen molar-refractivity contribution >= 4 is 34.3 Å². The van der Waals surface area contributed by atoms with E-state index in [0.717, 1.165) is 6.07 Å². The van der Waals surface area contributed by atoms with Gasteiger partial charge in [0.05, 0.1) is 23.4 Å². The first kappa shape index (κ1) is 27.0. The lowest BCUT2D eigenvalue weighted by Gasteiger charge is -2.40. The van der Waals surface area contributed by atoms with E-state index in [0.29, 0.717) is 54.9 Å². The van der Waals surface area contributed by atoms with Gasteiger partial charge in [-0.2, -0.15) is 0 Å². The fourth-order valence-corrected chi connectivity index (χ4v) is 6.03. The highest BCUT2D eigenvalue weighted by Crippen LogP contribution is 2.40. The number of hydrogen-bond acceptors (Lipinski definition) is 7. The van der Waals surface area contributed by atoms with Crippen LogP contribution in [0.4, 0.5) is 25.0 Å². The summed E-state index contributed by atoms with van der Waals surface area (Å²) in [4.78, 5) is 39.4. The smallest absolute Gasteiger partial charge is 0.414 e. The zero-order valence-electron chi connectivity index (χ0n) is 22.4. The Labute approximate surface area is 233 Å². The molecule has 10 nitrogen and oxygen atoms in total. The average Bonchev–Trinajstić information content (AvgIpc) is 3.37. The number of carboxylic acid groups (broad SMARTS) is 1. The number of benzene rings is 2. The summed E-state index contributed by atoms with van der Waals surface area (Å²) in [6.45, 7) is 2.90. The van der Waals surface area contributed by atoms with Crippen LogP contribution in [0, 0.1) is 11.6 Å². The minimum atomic E-state index is -1.35. The summed E-state index contributed by atoms with van der Waals surface area (Å²) in [5.41, 5.74) is -0.487. The van der Waals surface area contributed by atoms with E-state index in [1.54, 1.807) is 10.6 Å². The second kappa shape index (κ2) is 10.0. The fourth-order valence-electron chi connectivity index (χ4n) is 6.03.